The van der Waals surface area contributed by atoms with Crippen molar-refractivity contribution in [2.45, 2.75) is 58.1 Å². The number of hydrogen-bond acceptors (Lipinski definition) is 5. The van der Waals surface area contributed by atoms with Gasteiger partial charge in [0, 0.05) is 44.3 Å². The molecule has 1 unspecified atom stereocenters. The third kappa shape index (κ3) is 5.95. The van der Waals surface area contributed by atoms with Crippen LogP contribution < -0.4 is 10.2 Å². The van der Waals surface area contributed by atoms with Gasteiger partial charge in [-0.1, -0.05) is 30.3 Å². The van der Waals surface area contributed by atoms with Crippen molar-refractivity contribution in [2.24, 2.45) is 5.92 Å². The summed E-state index contributed by atoms with van der Waals surface area (Å²) in [4.78, 5) is 45.3. The largest absolute Gasteiger partial charge is 0.444 e. The number of nitrogens with zero attached hydrogens (tertiary/aromatic N) is 3. The second-order valence-corrected chi connectivity index (χ2v) is 11.5. The summed E-state index contributed by atoms with van der Waals surface area (Å²) in [7, 11) is 0. The molecule has 0 bridgehead atoms. The molecule has 202 valence electrons. The van der Waals surface area contributed by atoms with Gasteiger partial charge in [0.05, 0.1) is 17.3 Å². The molecule has 3 fully saturated rings. The van der Waals surface area contributed by atoms with Crippen LogP contribution in [0.4, 0.5) is 16.2 Å². The molecule has 38 heavy (non-hydrogen) atoms. The number of amides is 3. The molecule has 3 aliphatic rings. The number of anilines is 2. The average Bonchev–Trinajstić information content (AvgIpc) is 3.61. The van der Waals surface area contributed by atoms with Crippen LogP contribution in [-0.4, -0.2) is 66.0 Å². The standard InChI is InChI=1S/C30H38N4O4/c1-30(2,3)38-29(37)33-17-18-34(26(20-33)21-9-5-4-6-10-21)28(36)24-14-13-23(31-27(35)22-11-12-22)19-25(24)32-15-7-8-16-32/h4-6,9-10,13-14,19,22,26H,7-8,11-12,15-18,20H2,1-3H3,(H,31,35). The van der Waals surface area contributed by atoms with E-state index in [9.17, 15) is 14.4 Å². The lowest BCUT2D eigenvalue weighted by Gasteiger charge is -2.42. The van der Waals surface area contributed by atoms with Crippen molar-refractivity contribution in [1.82, 2.24) is 9.80 Å². The summed E-state index contributed by atoms with van der Waals surface area (Å²) in [5.74, 6) is 0.1000. The molecule has 3 amide bonds. The van der Waals surface area contributed by atoms with E-state index in [0.29, 0.717) is 25.2 Å². The van der Waals surface area contributed by atoms with Gasteiger partial charge >= 0.3 is 6.09 Å². The Morgan fingerprint density at radius 2 is 1.63 bits per heavy atom. The fourth-order valence-electron chi connectivity index (χ4n) is 5.23. The number of benzene rings is 2. The van der Waals surface area contributed by atoms with E-state index in [0.717, 1.165) is 55.7 Å². The topological polar surface area (TPSA) is 82.2 Å². The minimum Gasteiger partial charge on any atom is -0.444 e. The highest BCUT2D eigenvalue weighted by atomic mass is 16.6. The molecule has 1 N–H and O–H groups in total. The third-order valence-electron chi connectivity index (χ3n) is 7.37. The molecule has 1 aliphatic carbocycles. The van der Waals surface area contributed by atoms with Gasteiger partial charge in [-0.2, -0.15) is 0 Å². The van der Waals surface area contributed by atoms with Crippen molar-refractivity contribution in [3.8, 4) is 0 Å². The van der Waals surface area contributed by atoms with Crippen molar-refractivity contribution in [2.75, 3.05) is 42.9 Å². The van der Waals surface area contributed by atoms with Crippen molar-refractivity contribution >= 4 is 29.3 Å². The van der Waals surface area contributed by atoms with Crippen molar-refractivity contribution in [1.29, 1.82) is 0 Å². The number of carbonyl (C=O) groups excluding carboxylic acids is 3. The van der Waals surface area contributed by atoms with Crippen LogP contribution in [0, 0.1) is 5.92 Å². The van der Waals surface area contributed by atoms with Crippen LogP contribution in [-0.2, 0) is 9.53 Å². The predicted octanol–water partition coefficient (Wildman–Crippen LogP) is 5.07. The van der Waals surface area contributed by atoms with Crippen LogP contribution in [0.5, 0.6) is 0 Å². The van der Waals surface area contributed by atoms with E-state index in [1.807, 2.05) is 74.2 Å². The SMILES string of the molecule is CC(C)(C)OC(=O)N1CCN(C(=O)c2ccc(NC(=O)C3CC3)cc2N2CCCC2)C(c2ccccc2)C1. The van der Waals surface area contributed by atoms with Gasteiger partial charge in [0.25, 0.3) is 5.91 Å². The minimum absolute atomic E-state index is 0.0545. The molecule has 0 radical (unpaired) electrons. The molecular formula is C30H38N4O4. The van der Waals surface area contributed by atoms with Crippen LogP contribution in [0.1, 0.15) is 68.4 Å². The first-order chi connectivity index (χ1) is 18.2. The minimum atomic E-state index is -0.590. The normalized spacial score (nSPS) is 19.9. The number of ether oxygens (including phenoxy) is 1. The Morgan fingerprint density at radius 1 is 0.921 bits per heavy atom. The lowest BCUT2D eigenvalue weighted by molar-refractivity contribution is -0.117. The number of hydrogen-bond donors (Lipinski definition) is 1. The van der Waals surface area contributed by atoms with Crippen LogP contribution in [0.2, 0.25) is 0 Å². The molecule has 2 saturated heterocycles. The fraction of sp³-hybridized carbons (Fsp3) is 0.500. The summed E-state index contributed by atoms with van der Waals surface area (Å²) in [5, 5.41) is 3.04. The number of piperazine rings is 1. The summed E-state index contributed by atoms with van der Waals surface area (Å²) in [6.45, 7) is 8.50. The molecule has 8 heteroatoms. The Morgan fingerprint density at radius 3 is 2.29 bits per heavy atom. The van der Waals surface area contributed by atoms with E-state index in [4.69, 9.17) is 4.74 Å². The maximum absolute atomic E-state index is 14.2. The van der Waals surface area contributed by atoms with Crippen molar-refractivity contribution < 1.29 is 19.1 Å². The Balaban J connectivity index is 1.43. The van der Waals surface area contributed by atoms with Crippen LogP contribution >= 0.6 is 0 Å². The van der Waals surface area contributed by atoms with Crippen LogP contribution in [0.3, 0.4) is 0 Å². The summed E-state index contributed by atoms with van der Waals surface area (Å²) in [6, 6.07) is 15.2. The molecule has 1 saturated carbocycles. The highest BCUT2D eigenvalue weighted by Gasteiger charge is 2.37. The molecule has 0 aromatic heterocycles. The van der Waals surface area contributed by atoms with Crippen LogP contribution in [0.25, 0.3) is 0 Å². The van der Waals surface area contributed by atoms with E-state index in [-0.39, 0.29) is 29.9 Å². The van der Waals surface area contributed by atoms with Crippen molar-refractivity contribution in [3.05, 3.63) is 59.7 Å². The van der Waals surface area contributed by atoms with Gasteiger partial charge < -0.3 is 24.8 Å². The molecular weight excluding hydrogens is 480 g/mol. The molecule has 2 aromatic carbocycles. The van der Waals surface area contributed by atoms with Gasteiger partial charge in [-0.05, 0) is 70.2 Å². The van der Waals surface area contributed by atoms with E-state index >= 15 is 0 Å². The number of rotatable bonds is 5. The summed E-state index contributed by atoms with van der Waals surface area (Å²) in [5.41, 5.74) is 2.61. The Hall–Kier alpha value is -3.55. The molecule has 1 atom stereocenters. The lowest BCUT2D eigenvalue weighted by Crippen LogP contribution is -2.53. The highest BCUT2D eigenvalue weighted by Crippen LogP contribution is 2.35. The first-order valence-electron chi connectivity index (χ1n) is 13.7. The number of carbonyl (C=O) groups is 3. The number of nitrogens with one attached hydrogen (secondary N) is 1. The van der Waals surface area contributed by atoms with E-state index in [1.165, 1.54) is 0 Å². The van der Waals surface area contributed by atoms with Gasteiger partial charge in [0.1, 0.15) is 5.60 Å². The molecule has 2 heterocycles. The zero-order valence-electron chi connectivity index (χ0n) is 22.6. The average molecular weight is 519 g/mol. The summed E-state index contributed by atoms with van der Waals surface area (Å²) in [6.07, 6.45) is 3.68. The quantitative estimate of drug-likeness (QED) is 0.598. The van der Waals surface area contributed by atoms with Crippen LogP contribution in [0.15, 0.2) is 48.5 Å². The Labute approximate surface area is 224 Å². The zero-order chi connectivity index (χ0) is 26.9. The van der Waals surface area contributed by atoms with E-state index in [2.05, 4.69) is 10.2 Å². The maximum Gasteiger partial charge on any atom is 0.410 e. The first-order valence-corrected chi connectivity index (χ1v) is 13.7. The fourth-order valence-corrected chi connectivity index (χ4v) is 5.23. The third-order valence-corrected chi connectivity index (χ3v) is 7.37. The maximum atomic E-state index is 14.2. The molecule has 2 aromatic rings. The molecule has 2 aliphatic heterocycles. The highest BCUT2D eigenvalue weighted by molar-refractivity contribution is 6.02. The second kappa shape index (κ2) is 10.7. The van der Waals surface area contributed by atoms with Gasteiger partial charge in [0.2, 0.25) is 5.91 Å². The monoisotopic (exact) mass is 518 g/mol. The first kappa shape index (κ1) is 26.1. The molecule has 0 spiro atoms. The Kier molecular flexibility index (Phi) is 7.32. The smallest absolute Gasteiger partial charge is 0.410 e. The summed E-state index contributed by atoms with van der Waals surface area (Å²) < 4.78 is 5.64. The van der Waals surface area contributed by atoms with E-state index in [1.54, 1.807) is 4.90 Å². The summed E-state index contributed by atoms with van der Waals surface area (Å²) >= 11 is 0. The van der Waals surface area contributed by atoms with Gasteiger partial charge in [-0.3, -0.25) is 9.59 Å². The molecule has 5 rings (SSSR count). The van der Waals surface area contributed by atoms with E-state index < -0.39 is 5.60 Å². The Bertz CT molecular complexity index is 1180. The van der Waals surface area contributed by atoms with Gasteiger partial charge in [0.15, 0.2) is 0 Å². The van der Waals surface area contributed by atoms with Crippen molar-refractivity contribution in [3.63, 3.8) is 0 Å². The molecule has 8 nitrogen and oxygen atoms in total. The van der Waals surface area contributed by atoms with Gasteiger partial charge in [-0.25, -0.2) is 4.79 Å². The zero-order valence-corrected chi connectivity index (χ0v) is 22.6. The lowest BCUT2D eigenvalue weighted by atomic mass is 10.00. The predicted molar refractivity (Wildman–Crippen MR) is 147 cm³/mol. The second-order valence-electron chi connectivity index (χ2n) is 11.5. The van der Waals surface area contributed by atoms with Gasteiger partial charge in [-0.15, -0.1) is 0 Å².